The Morgan fingerprint density at radius 2 is 1.86 bits per heavy atom. The van der Waals surface area contributed by atoms with Crippen molar-refractivity contribution in [1.29, 1.82) is 0 Å². The van der Waals surface area contributed by atoms with E-state index in [2.05, 4.69) is 4.99 Å². The minimum Gasteiger partial charge on any atom is -0.496 e. The maximum absolute atomic E-state index is 15.0. The zero-order chi connectivity index (χ0) is 14.9. The molecule has 1 aromatic carbocycles. The molecule has 4 heteroatoms. The van der Waals surface area contributed by atoms with Gasteiger partial charge in [-0.1, -0.05) is 12.8 Å². The summed E-state index contributed by atoms with van der Waals surface area (Å²) in [5, 5.41) is 0. The second-order valence-electron chi connectivity index (χ2n) is 6.05. The summed E-state index contributed by atoms with van der Waals surface area (Å²) in [6, 6.07) is 1.77. The molecule has 2 aliphatic rings. The summed E-state index contributed by atoms with van der Waals surface area (Å²) in [5.41, 5.74) is 1.56. The van der Waals surface area contributed by atoms with Gasteiger partial charge < -0.3 is 4.74 Å². The highest BCUT2D eigenvalue weighted by molar-refractivity contribution is 5.50. The number of isocyanates is 1. The Hall–Kier alpha value is -1.67. The fraction of sp³-hybridized carbons (Fsp3) is 0.588. The van der Waals surface area contributed by atoms with Gasteiger partial charge in [0.25, 0.3) is 0 Å². The molecule has 112 valence electrons. The first kappa shape index (κ1) is 14.3. The number of hydrogen-bond donors (Lipinski definition) is 0. The smallest absolute Gasteiger partial charge is 0.235 e. The van der Waals surface area contributed by atoms with Gasteiger partial charge in [0, 0.05) is 11.1 Å². The van der Waals surface area contributed by atoms with Crippen LogP contribution in [0, 0.1) is 5.82 Å². The van der Waals surface area contributed by atoms with Crippen molar-refractivity contribution >= 4 is 6.08 Å². The largest absolute Gasteiger partial charge is 0.496 e. The topological polar surface area (TPSA) is 38.7 Å². The predicted molar refractivity (Wildman–Crippen MR) is 77.9 cm³/mol. The Labute approximate surface area is 124 Å². The van der Waals surface area contributed by atoms with E-state index in [9.17, 15) is 4.79 Å². The van der Waals surface area contributed by atoms with Gasteiger partial charge in [0.1, 0.15) is 17.1 Å². The predicted octanol–water partition coefficient (Wildman–Crippen LogP) is 3.82. The average Bonchev–Trinajstić information content (AvgIpc) is 2.98. The van der Waals surface area contributed by atoms with Crippen molar-refractivity contribution in [2.45, 2.75) is 56.9 Å². The zero-order valence-corrected chi connectivity index (χ0v) is 12.4. The van der Waals surface area contributed by atoms with Gasteiger partial charge in [-0.05, 0) is 50.2 Å². The number of aliphatic imine (C=N–C) groups is 1. The molecular weight excluding hydrogens is 269 g/mol. The van der Waals surface area contributed by atoms with Crippen molar-refractivity contribution < 1.29 is 13.9 Å². The number of rotatable bonds is 3. The van der Waals surface area contributed by atoms with Crippen molar-refractivity contribution in [1.82, 2.24) is 0 Å². The molecule has 0 atom stereocenters. The molecule has 1 saturated carbocycles. The summed E-state index contributed by atoms with van der Waals surface area (Å²) in [6.07, 6.45) is 8.68. The van der Waals surface area contributed by atoms with Crippen LogP contribution in [0.5, 0.6) is 5.75 Å². The number of halogens is 1. The first-order chi connectivity index (χ1) is 10.2. The highest BCUT2D eigenvalue weighted by atomic mass is 19.1. The highest BCUT2D eigenvalue weighted by Crippen LogP contribution is 2.46. The monoisotopic (exact) mass is 289 g/mol. The van der Waals surface area contributed by atoms with Gasteiger partial charge >= 0.3 is 0 Å². The standard InChI is InChI=1S/C17H20FNO2/c1-21-15-10-14(17(19-11-20)8-4-5-9-17)16(18)13-7-3-2-6-12(13)15/h10H,2-9H2,1H3. The lowest BCUT2D eigenvalue weighted by molar-refractivity contribution is 0.388. The fourth-order valence-electron chi connectivity index (χ4n) is 3.87. The molecule has 0 aliphatic heterocycles. The lowest BCUT2D eigenvalue weighted by atomic mass is 9.82. The van der Waals surface area contributed by atoms with Crippen LogP contribution in [0.25, 0.3) is 0 Å². The molecule has 0 aromatic heterocycles. The van der Waals surface area contributed by atoms with E-state index >= 15 is 4.39 Å². The number of benzene rings is 1. The van der Waals surface area contributed by atoms with Crippen LogP contribution in [0.4, 0.5) is 4.39 Å². The molecule has 21 heavy (non-hydrogen) atoms. The molecule has 0 radical (unpaired) electrons. The third-order valence-electron chi connectivity index (χ3n) is 4.95. The van der Waals surface area contributed by atoms with Crippen molar-refractivity contribution in [3.8, 4) is 5.75 Å². The van der Waals surface area contributed by atoms with Gasteiger partial charge in [-0.3, -0.25) is 0 Å². The average molecular weight is 289 g/mol. The molecule has 0 unspecified atom stereocenters. The van der Waals surface area contributed by atoms with E-state index < -0.39 is 5.54 Å². The quantitative estimate of drug-likeness (QED) is 0.627. The summed E-state index contributed by atoms with van der Waals surface area (Å²) in [7, 11) is 1.62. The van der Waals surface area contributed by atoms with E-state index in [0.717, 1.165) is 55.4 Å². The van der Waals surface area contributed by atoms with Crippen molar-refractivity contribution in [2.24, 2.45) is 4.99 Å². The van der Waals surface area contributed by atoms with Crippen LogP contribution in [0.2, 0.25) is 0 Å². The molecule has 3 nitrogen and oxygen atoms in total. The molecule has 0 amide bonds. The molecule has 2 aliphatic carbocycles. The summed E-state index contributed by atoms with van der Waals surface area (Å²) in [6.45, 7) is 0. The van der Waals surface area contributed by atoms with Crippen molar-refractivity contribution in [3.05, 3.63) is 28.6 Å². The van der Waals surface area contributed by atoms with Gasteiger partial charge in [0.2, 0.25) is 6.08 Å². The summed E-state index contributed by atoms with van der Waals surface area (Å²) in [5.74, 6) is 0.569. The number of carbonyl (C=O) groups excluding carboxylic acids is 1. The number of nitrogens with zero attached hydrogens (tertiary/aromatic N) is 1. The Kier molecular flexibility index (Phi) is 3.81. The maximum atomic E-state index is 15.0. The normalized spacial score (nSPS) is 19.7. The Morgan fingerprint density at radius 3 is 2.48 bits per heavy atom. The van der Waals surface area contributed by atoms with Gasteiger partial charge in [-0.25, -0.2) is 9.18 Å². The van der Waals surface area contributed by atoms with Gasteiger partial charge in [0.15, 0.2) is 0 Å². The van der Waals surface area contributed by atoms with Gasteiger partial charge in [-0.2, -0.15) is 4.99 Å². The minimum absolute atomic E-state index is 0.175. The van der Waals surface area contributed by atoms with Crippen molar-refractivity contribution in [2.75, 3.05) is 7.11 Å². The molecule has 0 heterocycles. The molecule has 0 N–H and O–H groups in total. The third kappa shape index (κ3) is 2.28. The first-order valence-electron chi connectivity index (χ1n) is 7.69. The van der Waals surface area contributed by atoms with Crippen LogP contribution in [-0.4, -0.2) is 13.2 Å². The molecule has 0 spiro atoms. The number of fused-ring (bicyclic) bond motifs is 1. The second-order valence-corrected chi connectivity index (χ2v) is 6.05. The highest BCUT2D eigenvalue weighted by Gasteiger charge is 2.40. The van der Waals surface area contributed by atoms with Crippen molar-refractivity contribution in [3.63, 3.8) is 0 Å². The molecule has 0 saturated heterocycles. The van der Waals surface area contributed by atoms with E-state index in [1.54, 1.807) is 19.3 Å². The van der Waals surface area contributed by atoms with E-state index in [-0.39, 0.29) is 5.82 Å². The second kappa shape index (κ2) is 5.61. The maximum Gasteiger partial charge on any atom is 0.235 e. The van der Waals surface area contributed by atoms with Crippen LogP contribution in [0.1, 0.15) is 55.2 Å². The number of hydrogen-bond acceptors (Lipinski definition) is 3. The SMILES string of the molecule is COc1cc(C2(N=C=O)CCCC2)c(F)c2c1CCCC2. The van der Waals surface area contributed by atoms with E-state index in [1.807, 2.05) is 0 Å². The van der Waals surface area contributed by atoms with Crippen LogP contribution < -0.4 is 4.74 Å². The van der Waals surface area contributed by atoms with E-state index in [4.69, 9.17) is 4.74 Å². The van der Waals surface area contributed by atoms with Crippen LogP contribution in [0.15, 0.2) is 11.1 Å². The molecule has 1 aromatic rings. The summed E-state index contributed by atoms with van der Waals surface area (Å²) < 4.78 is 20.5. The van der Waals surface area contributed by atoms with Gasteiger partial charge in [0.05, 0.1) is 7.11 Å². The molecule has 0 bridgehead atoms. The van der Waals surface area contributed by atoms with Gasteiger partial charge in [-0.15, -0.1) is 0 Å². The first-order valence-corrected chi connectivity index (χ1v) is 7.69. The van der Waals surface area contributed by atoms with Crippen LogP contribution >= 0.6 is 0 Å². The summed E-state index contributed by atoms with van der Waals surface area (Å²) in [4.78, 5) is 14.9. The fourth-order valence-corrected chi connectivity index (χ4v) is 3.87. The molecular formula is C17H20FNO2. The van der Waals surface area contributed by atoms with E-state index in [0.29, 0.717) is 18.4 Å². The summed E-state index contributed by atoms with van der Waals surface area (Å²) >= 11 is 0. The lowest BCUT2D eigenvalue weighted by Gasteiger charge is -2.28. The Balaban J connectivity index is 2.20. The van der Waals surface area contributed by atoms with Crippen LogP contribution in [-0.2, 0) is 23.2 Å². The number of methoxy groups -OCH3 is 1. The van der Waals surface area contributed by atoms with E-state index in [1.165, 1.54) is 0 Å². The molecule has 1 fully saturated rings. The Morgan fingerprint density at radius 1 is 1.19 bits per heavy atom. The lowest BCUT2D eigenvalue weighted by Crippen LogP contribution is -2.23. The number of ether oxygens (including phenoxy) is 1. The minimum atomic E-state index is -0.731. The third-order valence-corrected chi connectivity index (χ3v) is 4.95. The Bertz CT molecular complexity index is 599. The zero-order valence-electron chi connectivity index (χ0n) is 12.4. The molecule has 3 rings (SSSR count). The van der Waals surface area contributed by atoms with Crippen LogP contribution in [0.3, 0.4) is 0 Å².